The number of aliphatic hydroxyl groups excluding tert-OH is 2. The molecule has 111 heavy (non-hydrogen) atoms. The van der Waals surface area contributed by atoms with E-state index in [4.69, 9.17) is 16.7 Å². The van der Waals surface area contributed by atoms with Crippen LogP contribution in [0, 0.1) is 6.92 Å². The van der Waals surface area contributed by atoms with Crippen molar-refractivity contribution in [3.8, 4) is 0 Å². The number of hydrogen-bond acceptors (Lipinski definition) is 27. The molecule has 10 heterocycles. The number of aryl methyl sites for hydroxylation is 1. The lowest BCUT2D eigenvalue weighted by molar-refractivity contribution is 0.281. The van der Waals surface area contributed by atoms with Gasteiger partial charge in [0.1, 0.15) is 28.4 Å². The highest BCUT2D eigenvalue weighted by Crippen LogP contribution is 2.38. The quantitative estimate of drug-likeness (QED) is 0.0447. The summed E-state index contributed by atoms with van der Waals surface area (Å²) in [6, 6.07) is 42.0. The van der Waals surface area contributed by atoms with E-state index in [1.54, 1.807) is 0 Å². The molecule has 5 aromatic heterocycles. The van der Waals surface area contributed by atoms with Crippen molar-refractivity contribution >= 4 is 98.9 Å². The molecule has 0 bridgehead atoms. The van der Waals surface area contributed by atoms with Gasteiger partial charge in [-0.1, -0.05) is 165 Å². The molecule has 10 aromatic rings. The number of aromatic nitrogens is 10. The fourth-order valence-corrected chi connectivity index (χ4v) is 12.6. The molecule has 0 atom stereocenters. The number of rotatable bonds is 17. The van der Waals surface area contributed by atoms with Gasteiger partial charge in [0.2, 0.25) is 29.7 Å². The van der Waals surface area contributed by atoms with Gasteiger partial charge < -0.3 is 85.8 Å². The number of likely N-dealkylation sites (N-methyl/N-ethyl adjacent to an activating group) is 10. The SMILES string of the molecule is C=C1CN(C)c2nc(NCc3ccc(CO)cc3)ncc2N1C.C=C1CN(C)c2nc(NCc3ccc(Cl)cc3)ncc2N1C.C=C1CN(C)c2nc(NCc3cccc(C)c3)ncc2N1C.C=C1CN(C)c2nc(NCc3cccc(CO)c3)ncc2N1C.C=C1CN(C)c2nc(NCc3ccccc3)ncc2N1C. The van der Waals surface area contributed by atoms with Crippen LogP contribution in [0.15, 0.2) is 220 Å². The van der Waals surface area contributed by atoms with E-state index in [0.29, 0.717) is 62.5 Å². The molecule has 0 aliphatic carbocycles. The maximum Gasteiger partial charge on any atom is 0.225 e. The minimum Gasteiger partial charge on any atom is -0.392 e. The molecule has 0 saturated heterocycles. The zero-order valence-corrected chi connectivity index (χ0v) is 66.0. The molecule has 0 amide bonds. The van der Waals surface area contributed by atoms with Crippen LogP contribution in [0.25, 0.3) is 0 Å². The summed E-state index contributed by atoms with van der Waals surface area (Å²) in [4.78, 5) is 65.6. The molecule has 0 spiro atoms. The Balaban J connectivity index is 0.000000137. The Morgan fingerprint density at radius 2 is 0.568 bits per heavy atom. The van der Waals surface area contributed by atoms with Gasteiger partial charge in [0.15, 0.2) is 29.1 Å². The predicted molar refractivity (Wildman–Crippen MR) is 455 cm³/mol. The normalized spacial score (nSPS) is 14.0. The van der Waals surface area contributed by atoms with Crippen LogP contribution in [-0.2, 0) is 45.9 Å². The first-order valence-electron chi connectivity index (χ1n) is 36.3. The second kappa shape index (κ2) is 36.5. The maximum atomic E-state index is 9.19. The van der Waals surface area contributed by atoms with Gasteiger partial charge in [-0.3, -0.25) is 0 Å². The van der Waals surface area contributed by atoms with Gasteiger partial charge in [0.25, 0.3) is 0 Å². The van der Waals surface area contributed by atoms with Crippen molar-refractivity contribution in [2.75, 3.05) is 179 Å². The van der Waals surface area contributed by atoms with E-state index in [0.717, 1.165) is 152 Å². The molecular formula is C83H100ClN25O2. The van der Waals surface area contributed by atoms with Crippen molar-refractivity contribution in [2.45, 2.75) is 52.9 Å². The van der Waals surface area contributed by atoms with Crippen molar-refractivity contribution in [1.82, 2.24) is 49.8 Å². The number of aliphatic hydroxyl groups is 2. The monoisotopic (exact) mass is 1510 g/mol. The predicted octanol–water partition coefficient (Wildman–Crippen LogP) is 12.4. The maximum absolute atomic E-state index is 9.19. The van der Waals surface area contributed by atoms with Crippen LogP contribution in [-0.4, -0.2) is 163 Å². The number of nitrogens with one attached hydrogen (secondary N) is 5. The fraction of sp³-hybridized carbons (Fsp3) is 0.277. The Morgan fingerprint density at radius 1 is 0.315 bits per heavy atom. The Labute approximate surface area is 656 Å². The molecule has 28 heteroatoms. The molecule has 27 nitrogen and oxygen atoms in total. The van der Waals surface area contributed by atoms with Crippen molar-refractivity contribution in [3.63, 3.8) is 0 Å². The van der Waals surface area contributed by atoms with E-state index in [2.05, 4.69) is 177 Å². The first-order valence-corrected chi connectivity index (χ1v) is 36.7. The highest BCUT2D eigenvalue weighted by Gasteiger charge is 2.28. The molecule has 0 saturated carbocycles. The summed E-state index contributed by atoms with van der Waals surface area (Å²) < 4.78 is 0. The number of anilines is 15. The number of benzene rings is 5. The molecule has 7 N–H and O–H groups in total. The summed E-state index contributed by atoms with van der Waals surface area (Å²) in [5, 5.41) is 35.3. The molecule has 15 rings (SSSR count). The van der Waals surface area contributed by atoms with E-state index in [-0.39, 0.29) is 13.2 Å². The average molecular weight is 1520 g/mol. The number of nitrogens with zero attached hydrogens (tertiary/aromatic N) is 20. The van der Waals surface area contributed by atoms with Crippen LogP contribution in [0.5, 0.6) is 0 Å². The molecule has 0 fully saturated rings. The van der Waals surface area contributed by atoms with Crippen molar-refractivity contribution in [1.29, 1.82) is 0 Å². The number of fused-ring (bicyclic) bond motifs is 5. The molecule has 5 aliphatic heterocycles. The second-order valence-corrected chi connectivity index (χ2v) is 28.2. The van der Waals surface area contributed by atoms with Crippen molar-refractivity contribution < 1.29 is 10.2 Å². The molecular weight excluding hydrogens is 1410 g/mol. The topological polar surface area (TPSA) is 262 Å². The third kappa shape index (κ3) is 20.2. The van der Waals surface area contributed by atoms with Gasteiger partial charge in [0, 0.05) is 137 Å². The Hall–Kier alpha value is -12.6. The van der Waals surface area contributed by atoms with Crippen LogP contribution in [0.1, 0.15) is 44.5 Å². The summed E-state index contributed by atoms with van der Waals surface area (Å²) in [6.45, 7) is 29.6. The molecule has 0 unspecified atom stereocenters. The van der Waals surface area contributed by atoms with Crippen molar-refractivity contribution in [2.24, 2.45) is 0 Å². The fourth-order valence-electron chi connectivity index (χ4n) is 12.5. The zero-order chi connectivity index (χ0) is 79.0. The number of halogens is 1. The zero-order valence-electron chi connectivity index (χ0n) is 65.2. The molecule has 5 aliphatic rings. The molecule has 0 radical (unpaired) electrons. The van der Waals surface area contributed by atoms with Crippen LogP contribution >= 0.6 is 11.6 Å². The standard InChI is InChI=1S/2C17H21N5O.C17H21N5.C16H18ClN5.C16H19N5/c1-12-10-21(2)16-15(22(12)3)9-19-17(20-16)18-8-13-4-6-14(11-23)7-5-13;1-12-10-21(2)16-15(22(12)3)9-19-17(20-16)18-8-13-5-4-6-14(7-13)11-23;1-12-6-5-7-14(8-12)9-18-17-19-10-15-16(20-17)21(3)11-13(2)22(15)4;1-11-10-21(2)15-14(22(11)3)9-19-16(20-15)18-8-12-4-6-13(17)7-5-12;1-12-11-20(2)15-14(21(12)3)10-18-16(19-15)17-9-13-7-5-4-6-8-13/h2*4-7,9,23H,1,8,10-11H2,2-3H3,(H,18,19,20);5-8,10H,2,9,11H2,1,3-4H3,(H,18,19,20);4-7,9H,1,8,10H2,2-3H3,(H,18,19,20);4-8,10H,1,9,11H2,2-3H3,(H,17,18,19). The lowest BCUT2D eigenvalue weighted by Crippen LogP contribution is -2.35. The van der Waals surface area contributed by atoms with Gasteiger partial charge in [-0.05, 0) is 58.0 Å². The summed E-state index contributed by atoms with van der Waals surface area (Å²) in [7, 11) is 20.0. The van der Waals surface area contributed by atoms with Crippen molar-refractivity contribution in [3.05, 3.63) is 269 Å². The first-order chi connectivity index (χ1) is 53.4. The van der Waals surface area contributed by atoms with Crippen LogP contribution in [0.2, 0.25) is 5.02 Å². The summed E-state index contributed by atoms with van der Waals surface area (Å²) in [5.74, 6) is 7.64. The second-order valence-electron chi connectivity index (χ2n) is 27.7. The summed E-state index contributed by atoms with van der Waals surface area (Å²) >= 11 is 5.89. The van der Waals surface area contributed by atoms with E-state index < -0.39 is 0 Å². The first kappa shape index (κ1) is 79.5. The van der Waals surface area contributed by atoms with Gasteiger partial charge >= 0.3 is 0 Å². The lowest BCUT2D eigenvalue weighted by Gasteiger charge is -2.34. The highest BCUT2D eigenvalue weighted by molar-refractivity contribution is 6.30. The average Bonchev–Trinajstić information content (AvgIpc) is 0.816. The van der Waals surface area contributed by atoms with Gasteiger partial charge in [-0.2, -0.15) is 24.9 Å². The Morgan fingerprint density at radius 3 is 0.874 bits per heavy atom. The van der Waals surface area contributed by atoms with E-state index in [9.17, 15) is 5.11 Å². The molecule has 576 valence electrons. The number of hydrogen-bond donors (Lipinski definition) is 7. The molecule has 5 aromatic carbocycles. The van der Waals surface area contributed by atoms with E-state index >= 15 is 0 Å². The van der Waals surface area contributed by atoms with E-state index in [1.807, 2.05) is 217 Å². The van der Waals surface area contributed by atoms with Crippen LogP contribution in [0.4, 0.5) is 87.3 Å². The highest BCUT2D eigenvalue weighted by atomic mass is 35.5. The van der Waals surface area contributed by atoms with Gasteiger partial charge in [-0.15, -0.1) is 0 Å². The van der Waals surface area contributed by atoms with E-state index in [1.165, 1.54) is 16.7 Å². The Bertz CT molecular complexity index is 4930. The smallest absolute Gasteiger partial charge is 0.225 e. The largest absolute Gasteiger partial charge is 0.392 e. The minimum absolute atomic E-state index is 0.0458. The summed E-state index contributed by atoms with van der Waals surface area (Å²) in [6.07, 6.45) is 9.15. The summed E-state index contributed by atoms with van der Waals surface area (Å²) in [5.41, 5.74) is 18.8. The Kier molecular flexibility index (Phi) is 26.2. The van der Waals surface area contributed by atoms with Crippen LogP contribution < -0.4 is 75.6 Å². The third-order valence-corrected chi connectivity index (χ3v) is 19.6. The van der Waals surface area contributed by atoms with Gasteiger partial charge in [-0.25, -0.2) is 24.9 Å². The lowest BCUT2D eigenvalue weighted by atomic mass is 10.1. The minimum atomic E-state index is 0.0458. The van der Waals surface area contributed by atoms with Crippen LogP contribution in [0.3, 0.4) is 0 Å². The third-order valence-electron chi connectivity index (χ3n) is 19.3. The van der Waals surface area contributed by atoms with Gasteiger partial charge in [0.05, 0.1) is 76.9 Å².